The van der Waals surface area contributed by atoms with Crippen molar-refractivity contribution in [2.75, 3.05) is 13.1 Å². The molecule has 0 aromatic heterocycles. The molecule has 0 amide bonds. The molecule has 1 atom stereocenters. The van der Waals surface area contributed by atoms with Gasteiger partial charge in [0.2, 0.25) is 0 Å². The molecule has 0 N–H and O–H groups in total. The molecule has 3 heteroatoms. The van der Waals surface area contributed by atoms with Crippen molar-refractivity contribution < 1.29 is 3.79 Å². The van der Waals surface area contributed by atoms with Gasteiger partial charge in [-0.2, -0.15) is 0 Å². The summed E-state index contributed by atoms with van der Waals surface area (Å²) in [5.41, 5.74) is 0. The highest BCUT2D eigenvalue weighted by Gasteiger charge is 2.13. The second-order valence-electron chi connectivity index (χ2n) is 3.01. The molecule has 1 unspecified atom stereocenters. The first-order valence-corrected chi connectivity index (χ1v) is 7.29. The third-order valence-electron chi connectivity index (χ3n) is 1.80. The van der Waals surface area contributed by atoms with Crippen molar-refractivity contribution in [2.24, 2.45) is 0 Å². The highest BCUT2D eigenvalue weighted by molar-refractivity contribution is 6.48. The van der Waals surface area contributed by atoms with Crippen molar-refractivity contribution >= 4 is 14.5 Å². The van der Waals surface area contributed by atoms with Crippen LogP contribution in [0.25, 0.3) is 0 Å². The summed E-state index contributed by atoms with van der Waals surface area (Å²) in [4.78, 5) is 2.33. The molecule has 0 radical (unpaired) electrons. The molecule has 0 aliphatic heterocycles. The van der Waals surface area contributed by atoms with Gasteiger partial charge in [0.15, 0.2) is 0 Å². The average Bonchev–Trinajstić information content (AvgIpc) is 1.88. The number of nitrogens with zero attached hydrogens (tertiary/aromatic N) is 1. The maximum Gasteiger partial charge on any atom is 0.455 e. The Morgan fingerprint density at radius 1 is 1.27 bits per heavy atom. The lowest BCUT2D eigenvalue weighted by molar-refractivity contribution is 0.0473. The van der Waals surface area contributed by atoms with E-state index in [1.165, 1.54) is 0 Å². The van der Waals surface area contributed by atoms with Gasteiger partial charge in [0, 0.05) is 0 Å². The van der Waals surface area contributed by atoms with E-state index in [1.807, 2.05) is 0 Å². The van der Waals surface area contributed by atoms with Gasteiger partial charge in [-0.1, -0.05) is 25.4 Å². The molecule has 11 heavy (non-hydrogen) atoms. The first kappa shape index (κ1) is 11.5. The highest BCUT2D eigenvalue weighted by Crippen LogP contribution is 2.01. The lowest BCUT2D eigenvalue weighted by Gasteiger charge is -2.28. The zero-order valence-corrected chi connectivity index (χ0v) is 9.58. The van der Waals surface area contributed by atoms with Gasteiger partial charge in [-0.15, -0.1) is 0 Å². The second-order valence-corrected chi connectivity index (χ2v) is 5.38. The Morgan fingerprint density at radius 3 is 2.00 bits per heavy atom. The Labute approximate surface area is 75.3 Å². The van der Waals surface area contributed by atoms with Crippen molar-refractivity contribution in [1.82, 2.24) is 4.90 Å². The first-order chi connectivity index (χ1) is 5.11. The minimum atomic E-state index is -0.854. The summed E-state index contributed by atoms with van der Waals surface area (Å²) in [6.45, 7) is 8.65. The van der Waals surface area contributed by atoms with E-state index < -0.39 is 14.5 Å². The van der Waals surface area contributed by atoms with Crippen LogP contribution in [0.3, 0.4) is 0 Å². The molecule has 0 bridgehead atoms. The van der Waals surface area contributed by atoms with Crippen LogP contribution in [0.5, 0.6) is 0 Å². The van der Waals surface area contributed by atoms with Crippen molar-refractivity contribution in [3.8, 4) is 0 Å². The SMILES string of the molecule is CCN(CC)C(C)[O][Al]([CH3])[CH3]. The van der Waals surface area contributed by atoms with Crippen molar-refractivity contribution in [1.29, 1.82) is 0 Å². The molecule has 66 valence electrons. The van der Waals surface area contributed by atoms with Gasteiger partial charge in [0.25, 0.3) is 0 Å². The van der Waals surface area contributed by atoms with Gasteiger partial charge >= 0.3 is 14.5 Å². The summed E-state index contributed by atoms with van der Waals surface area (Å²) in [5, 5.41) is 0. The van der Waals surface area contributed by atoms with E-state index >= 15 is 0 Å². The molecule has 0 aliphatic carbocycles. The van der Waals surface area contributed by atoms with Crippen molar-refractivity contribution in [2.45, 2.75) is 38.6 Å². The normalized spacial score (nSPS) is 13.6. The molecule has 0 fully saturated rings. The van der Waals surface area contributed by atoms with Gasteiger partial charge in [0.1, 0.15) is 0 Å². The molecule has 0 aromatic carbocycles. The van der Waals surface area contributed by atoms with Crippen LogP contribution in [0.4, 0.5) is 0 Å². The summed E-state index contributed by atoms with van der Waals surface area (Å²) in [5.74, 6) is 4.42. The standard InChI is InChI=1S/C6H14NO.2CH3.Al/c1-4-7(5-2)6(3)8;;;/h6H,4-5H2,1-3H3;2*1H3;/q-1;;;+1. The molecule has 0 spiro atoms. The maximum atomic E-state index is 5.76. The Bertz CT molecular complexity index is 94.1. The second kappa shape index (κ2) is 6.02. The maximum absolute atomic E-state index is 5.76. The molecular formula is C8H20AlNO. The van der Waals surface area contributed by atoms with Gasteiger partial charge < -0.3 is 3.79 Å². The first-order valence-electron chi connectivity index (χ1n) is 4.51. The van der Waals surface area contributed by atoms with Gasteiger partial charge in [0.05, 0.1) is 6.23 Å². The Morgan fingerprint density at radius 2 is 1.73 bits per heavy atom. The van der Waals surface area contributed by atoms with Crippen LogP contribution >= 0.6 is 0 Å². The van der Waals surface area contributed by atoms with Gasteiger partial charge in [-0.3, -0.25) is 4.90 Å². The fraction of sp³-hybridized carbons (Fsp3) is 1.00. The van der Waals surface area contributed by atoms with E-state index in [0.717, 1.165) is 13.1 Å². The highest BCUT2D eigenvalue weighted by atomic mass is 27.2. The number of hydrogen-bond acceptors (Lipinski definition) is 2. The van der Waals surface area contributed by atoms with E-state index in [-0.39, 0.29) is 0 Å². The molecule has 0 rings (SSSR count). The summed E-state index contributed by atoms with van der Waals surface area (Å²) in [7, 11) is 0. The van der Waals surface area contributed by atoms with E-state index in [0.29, 0.717) is 6.23 Å². The van der Waals surface area contributed by atoms with E-state index in [2.05, 4.69) is 37.2 Å². The van der Waals surface area contributed by atoms with Gasteiger partial charge in [-0.05, 0) is 20.0 Å². The van der Waals surface area contributed by atoms with Crippen LogP contribution in [0, 0.1) is 0 Å². The topological polar surface area (TPSA) is 12.5 Å². The van der Waals surface area contributed by atoms with E-state index in [4.69, 9.17) is 3.79 Å². The summed E-state index contributed by atoms with van der Waals surface area (Å²) >= 11 is -0.854. The summed E-state index contributed by atoms with van der Waals surface area (Å²) in [6, 6.07) is 0. The predicted octanol–water partition coefficient (Wildman–Crippen LogP) is 1.94. The zero-order valence-electron chi connectivity index (χ0n) is 8.42. The minimum Gasteiger partial charge on any atom is -0.487 e. The molecule has 0 saturated carbocycles. The predicted molar refractivity (Wildman–Crippen MR) is 51.0 cm³/mol. The monoisotopic (exact) mass is 173 g/mol. The number of hydrogen-bond donors (Lipinski definition) is 0. The third kappa shape index (κ3) is 4.82. The Balaban J connectivity index is 3.68. The fourth-order valence-electron chi connectivity index (χ4n) is 1.22. The van der Waals surface area contributed by atoms with Gasteiger partial charge in [-0.25, -0.2) is 0 Å². The largest absolute Gasteiger partial charge is 0.487 e. The molecular weight excluding hydrogens is 153 g/mol. The fourth-order valence-corrected chi connectivity index (χ4v) is 2.18. The van der Waals surface area contributed by atoms with Crippen LogP contribution in [0.15, 0.2) is 0 Å². The van der Waals surface area contributed by atoms with E-state index in [9.17, 15) is 0 Å². The van der Waals surface area contributed by atoms with Crippen molar-refractivity contribution in [3.05, 3.63) is 0 Å². The van der Waals surface area contributed by atoms with Crippen molar-refractivity contribution in [3.63, 3.8) is 0 Å². The van der Waals surface area contributed by atoms with Crippen LogP contribution in [0.2, 0.25) is 11.6 Å². The molecule has 2 nitrogen and oxygen atoms in total. The molecule has 0 aliphatic rings. The smallest absolute Gasteiger partial charge is 0.455 e. The Hall–Kier alpha value is 0.452. The minimum absolute atomic E-state index is 0.316. The lowest BCUT2D eigenvalue weighted by atomic mass is 10.5. The zero-order chi connectivity index (χ0) is 8.85. The van der Waals surface area contributed by atoms with E-state index in [1.54, 1.807) is 0 Å². The molecule has 0 heterocycles. The molecule has 0 saturated heterocycles. The van der Waals surface area contributed by atoms with Crippen LogP contribution in [0.1, 0.15) is 20.8 Å². The quantitative estimate of drug-likeness (QED) is 0.465. The number of rotatable bonds is 5. The van der Waals surface area contributed by atoms with Crippen LogP contribution in [-0.2, 0) is 3.79 Å². The summed E-state index contributed by atoms with van der Waals surface area (Å²) in [6.07, 6.45) is 0.316. The Kier molecular flexibility index (Phi) is 6.27. The van der Waals surface area contributed by atoms with Crippen LogP contribution < -0.4 is 0 Å². The summed E-state index contributed by atoms with van der Waals surface area (Å²) < 4.78 is 5.76. The lowest BCUT2D eigenvalue weighted by Crippen LogP contribution is -2.37. The average molecular weight is 173 g/mol. The molecule has 0 aromatic rings. The van der Waals surface area contributed by atoms with Crippen LogP contribution in [-0.4, -0.2) is 38.7 Å². The third-order valence-corrected chi connectivity index (χ3v) is 2.73.